The molecule has 1 N–H and O–H groups in total. The van der Waals surface area contributed by atoms with Crippen LogP contribution in [0.1, 0.15) is 27.7 Å². The molecule has 5 heteroatoms. The van der Waals surface area contributed by atoms with E-state index in [1.807, 2.05) is 0 Å². The molecule has 0 spiro atoms. The van der Waals surface area contributed by atoms with Crippen LogP contribution in [0.2, 0.25) is 0 Å². The Morgan fingerprint density at radius 2 is 1.23 bits per heavy atom. The molecule has 0 saturated heterocycles. The molecule has 0 unspecified atom stereocenters. The molecular formula is C8H15LiO4. The first-order valence-electron chi connectivity index (χ1n) is 3.72. The van der Waals surface area contributed by atoms with Crippen LogP contribution in [0, 0.1) is 11.8 Å². The van der Waals surface area contributed by atoms with Crippen molar-refractivity contribution in [3.05, 3.63) is 0 Å². The van der Waals surface area contributed by atoms with Crippen molar-refractivity contribution < 1.29 is 38.7 Å². The molecule has 0 fully saturated rings. The van der Waals surface area contributed by atoms with Gasteiger partial charge >= 0.3 is 24.8 Å². The normalized spacial score (nSPS) is 8.46. The Morgan fingerprint density at radius 3 is 1.23 bits per heavy atom. The van der Waals surface area contributed by atoms with Crippen molar-refractivity contribution in [2.45, 2.75) is 27.7 Å². The summed E-state index contributed by atoms with van der Waals surface area (Å²) < 4.78 is 0. The van der Waals surface area contributed by atoms with Crippen molar-refractivity contribution in [1.82, 2.24) is 0 Å². The van der Waals surface area contributed by atoms with E-state index in [9.17, 15) is 14.7 Å². The third-order valence-electron chi connectivity index (χ3n) is 0.965. The van der Waals surface area contributed by atoms with Gasteiger partial charge in [0.25, 0.3) is 0 Å². The van der Waals surface area contributed by atoms with E-state index in [1.165, 1.54) is 0 Å². The maximum absolute atomic E-state index is 9.70. The van der Waals surface area contributed by atoms with Crippen molar-refractivity contribution in [2.24, 2.45) is 11.8 Å². The van der Waals surface area contributed by atoms with Crippen molar-refractivity contribution >= 4 is 11.9 Å². The molecule has 0 aliphatic rings. The standard InChI is InChI=1S/2C4H8O2.Li/c2*1-3(2)4(5)6;/h2*3H,1-2H3,(H,5,6);/q;;+1/p-1. The number of hydrogen-bond acceptors (Lipinski definition) is 3. The Kier molecular flexibility index (Phi) is 13.6. The first kappa shape index (κ1) is 18.3. The largest absolute Gasteiger partial charge is 1.00 e. The number of hydrogen-bond donors (Lipinski definition) is 1. The average Bonchev–Trinajstić information content (AvgIpc) is 1.88. The average molecular weight is 182 g/mol. The van der Waals surface area contributed by atoms with E-state index in [-0.39, 0.29) is 30.7 Å². The van der Waals surface area contributed by atoms with Crippen LogP contribution in [0.5, 0.6) is 0 Å². The molecule has 0 bridgehead atoms. The van der Waals surface area contributed by atoms with Gasteiger partial charge in [-0.05, 0) is 5.92 Å². The Labute approximate surface area is 90.5 Å². The summed E-state index contributed by atoms with van der Waals surface area (Å²) in [4.78, 5) is 19.3. The fraction of sp³-hybridized carbons (Fsp3) is 0.750. The number of rotatable bonds is 2. The van der Waals surface area contributed by atoms with Crippen LogP contribution in [-0.4, -0.2) is 17.0 Å². The molecular weight excluding hydrogens is 167 g/mol. The summed E-state index contributed by atoms with van der Waals surface area (Å²) in [7, 11) is 0. The fourth-order valence-electron chi connectivity index (χ4n) is 0. The van der Waals surface area contributed by atoms with E-state index in [0.717, 1.165) is 0 Å². The molecule has 0 amide bonds. The Morgan fingerprint density at radius 1 is 1.08 bits per heavy atom. The molecule has 0 rings (SSSR count). The number of aliphatic carboxylic acids is 2. The molecule has 13 heavy (non-hydrogen) atoms. The first-order chi connectivity index (χ1) is 5.29. The molecule has 0 atom stereocenters. The Balaban J connectivity index is -0.000000143. The maximum atomic E-state index is 9.70. The predicted molar refractivity (Wildman–Crippen MR) is 42.3 cm³/mol. The summed E-state index contributed by atoms with van der Waals surface area (Å²) in [6, 6.07) is 0. The summed E-state index contributed by atoms with van der Waals surface area (Å²) in [5.41, 5.74) is 0. The fourth-order valence-corrected chi connectivity index (χ4v) is 0. The first-order valence-corrected chi connectivity index (χ1v) is 3.72. The van der Waals surface area contributed by atoms with Crippen molar-refractivity contribution in [3.8, 4) is 0 Å². The van der Waals surface area contributed by atoms with Gasteiger partial charge in [-0.3, -0.25) is 4.79 Å². The maximum Gasteiger partial charge on any atom is 1.00 e. The third kappa shape index (κ3) is 18.5. The van der Waals surface area contributed by atoms with Crippen LogP contribution in [-0.2, 0) is 9.59 Å². The Hall–Kier alpha value is -0.463. The van der Waals surface area contributed by atoms with Gasteiger partial charge in [-0.25, -0.2) is 0 Å². The van der Waals surface area contributed by atoms with Crippen LogP contribution >= 0.6 is 0 Å². The second-order valence-electron chi connectivity index (χ2n) is 2.97. The second-order valence-corrected chi connectivity index (χ2v) is 2.97. The van der Waals surface area contributed by atoms with Crippen molar-refractivity contribution in [2.75, 3.05) is 0 Å². The second kappa shape index (κ2) is 9.62. The van der Waals surface area contributed by atoms with E-state index < -0.39 is 11.9 Å². The summed E-state index contributed by atoms with van der Waals surface area (Å²) >= 11 is 0. The monoisotopic (exact) mass is 182 g/mol. The minimum absolute atomic E-state index is 0. The molecule has 0 aromatic carbocycles. The zero-order chi connectivity index (χ0) is 10.3. The van der Waals surface area contributed by atoms with E-state index >= 15 is 0 Å². The van der Waals surface area contributed by atoms with Crippen LogP contribution in [0.3, 0.4) is 0 Å². The van der Waals surface area contributed by atoms with Crippen LogP contribution < -0.4 is 24.0 Å². The molecule has 0 aromatic heterocycles. The van der Waals surface area contributed by atoms with Gasteiger partial charge in [0.2, 0.25) is 0 Å². The van der Waals surface area contributed by atoms with Gasteiger partial charge in [-0.15, -0.1) is 0 Å². The molecule has 0 aromatic rings. The van der Waals surface area contributed by atoms with Crippen molar-refractivity contribution in [3.63, 3.8) is 0 Å². The molecule has 72 valence electrons. The minimum atomic E-state index is -0.991. The number of carbonyl (C=O) groups is 2. The van der Waals surface area contributed by atoms with Gasteiger partial charge in [0.05, 0.1) is 5.92 Å². The van der Waals surface area contributed by atoms with E-state index in [0.29, 0.717) is 0 Å². The Bertz CT molecular complexity index is 136. The van der Waals surface area contributed by atoms with Gasteiger partial charge in [0.1, 0.15) is 0 Å². The zero-order valence-electron chi connectivity index (χ0n) is 8.83. The molecule has 0 aliphatic heterocycles. The summed E-state index contributed by atoms with van der Waals surface area (Å²) in [6.07, 6.45) is 0. The molecule has 0 aliphatic carbocycles. The topological polar surface area (TPSA) is 77.4 Å². The van der Waals surface area contributed by atoms with Crippen molar-refractivity contribution in [1.29, 1.82) is 0 Å². The van der Waals surface area contributed by atoms with Gasteiger partial charge in [0.15, 0.2) is 0 Å². The number of carbonyl (C=O) groups excluding carboxylic acids is 1. The van der Waals surface area contributed by atoms with E-state index in [2.05, 4.69) is 0 Å². The van der Waals surface area contributed by atoms with E-state index in [1.54, 1.807) is 27.7 Å². The molecule has 4 nitrogen and oxygen atoms in total. The van der Waals surface area contributed by atoms with Gasteiger partial charge in [0, 0.05) is 5.97 Å². The van der Waals surface area contributed by atoms with Crippen LogP contribution in [0.15, 0.2) is 0 Å². The van der Waals surface area contributed by atoms with E-state index in [4.69, 9.17) is 5.11 Å². The molecule has 0 radical (unpaired) electrons. The summed E-state index contributed by atoms with van der Waals surface area (Å²) in [5.74, 6) is -2.31. The third-order valence-corrected chi connectivity index (χ3v) is 0.965. The molecule has 0 saturated carbocycles. The van der Waals surface area contributed by atoms with Gasteiger partial charge < -0.3 is 15.0 Å². The predicted octanol–water partition coefficient (Wildman–Crippen LogP) is -2.88. The smallest absolute Gasteiger partial charge is 0.550 e. The van der Waals surface area contributed by atoms with Crippen LogP contribution in [0.25, 0.3) is 0 Å². The van der Waals surface area contributed by atoms with Crippen LogP contribution in [0.4, 0.5) is 0 Å². The summed E-state index contributed by atoms with van der Waals surface area (Å²) in [6.45, 7) is 6.44. The minimum Gasteiger partial charge on any atom is -0.550 e. The van der Waals surface area contributed by atoms with Gasteiger partial charge in [-0.1, -0.05) is 27.7 Å². The summed E-state index contributed by atoms with van der Waals surface area (Å²) in [5, 5.41) is 17.6. The zero-order valence-corrected chi connectivity index (χ0v) is 8.83. The SMILES string of the molecule is CC(C)C(=O)O.CC(C)C(=O)[O-].[Li+]. The number of carboxylic acid groups (broad SMARTS) is 2. The molecule has 0 heterocycles. The number of carboxylic acids is 2. The van der Waals surface area contributed by atoms with Gasteiger partial charge in [-0.2, -0.15) is 0 Å². The quantitative estimate of drug-likeness (QED) is 0.465.